The van der Waals surface area contributed by atoms with E-state index in [1.54, 1.807) is 6.07 Å². The summed E-state index contributed by atoms with van der Waals surface area (Å²) >= 11 is 0. The minimum Gasteiger partial charge on any atom is -0.508 e. The van der Waals surface area contributed by atoms with E-state index in [0.29, 0.717) is 11.7 Å². The second kappa shape index (κ2) is 4.32. The van der Waals surface area contributed by atoms with Crippen molar-refractivity contribution in [1.82, 2.24) is 9.88 Å². The number of phenolic OH excluding ortho intramolecular Hbond substituents is 1. The Balaban J connectivity index is 2.05. The number of H-pyrrole nitrogens is 1. The van der Waals surface area contributed by atoms with Crippen molar-refractivity contribution < 1.29 is 5.11 Å². The van der Waals surface area contributed by atoms with E-state index in [0.717, 1.165) is 18.6 Å². The molecular formula is C15H20N2O. The predicted molar refractivity (Wildman–Crippen MR) is 74.2 cm³/mol. The van der Waals surface area contributed by atoms with E-state index in [1.807, 2.05) is 12.1 Å². The molecule has 3 heteroatoms. The summed E-state index contributed by atoms with van der Waals surface area (Å²) in [5, 5.41) is 10.9. The standard InChI is InChI=1S/C15H20N2O/c1-10-15(11-5-7-17(2)8-6-11)13-9-12(18)3-4-14(13)16-10/h3-4,9,11,16,18H,5-8H2,1-2H3. The number of hydrogen-bond acceptors (Lipinski definition) is 2. The highest BCUT2D eigenvalue weighted by molar-refractivity contribution is 5.86. The number of aryl methyl sites for hydroxylation is 1. The van der Waals surface area contributed by atoms with Gasteiger partial charge in [0.25, 0.3) is 0 Å². The Morgan fingerprint density at radius 3 is 2.72 bits per heavy atom. The number of aromatic amines is 1. The van der Waals surface area contributed by atoms with Gasteiger partial charge in [-0.25, -0.2) is 0 Å². The van der Waals surface area contributed by atoms with Crippen LogP contribution in [-0.2, 0) is 0 Å². The number of nitrogens with zero attached hydrogens (tertiary/aromatic N) is 1. The molecule has 0 atom stereocenters. The van der Waals surface area contributed by atoms with Gasteiger partial charge in [-0.3, -0.25) is 0 Å². The molecule has 3 rings (SSSR count). The molecule has 1 fully saturated rings. The molecule has 1 saturated heterocycles. The fourth-order valence-electron chi connectivity index (χ4n) is 3.16. The van der Waals surface area contributed by atoms with Crippen molar-refractivity contribution in [3.8, 4) is 5.75 Å². The number of benzene rings is 1. The number of hydrogen-bond donors (Lipinski definition) is 2. The quantitative estimate of drug-likeness (QED) is 0.809. The fraction of sp³-hybridized carbons (Fsp3) is 0.467. The molecule has 0 bridgehead atoms. The zero-order valence-corrected chi connectivity index (χ0v) is 11.0. The summed E-state index contributed by atoms with van der Waals surface area (Å²) in [6, 6.07) is 5.61. The molecule has 0 unspecified atom stereocenters. The topological polar surface area (TPSA) is 39.3 Å². The number of likely N-dealkylation sites (tertiary alicyclic amines) is 1. The van der Waals surface area contributed by atoms with Crippen LogP contribution in [0.1, 0.15) is 30.0 Å². The van der Waals surface area contributed by atoms with Gasteiger partial charge < -0.3 is 15.0 Å². The third-order valence-electron chi connectivity index (χ3n) is 4.15. The fourth-order valence-corrected chi connectivity index (χ4v) is 3.16. The highest BCUT2D eigenvalue weighted by atomic mass is 16.3. The van der Waals surface area contributed by atoms with Crippen molar-refractivity contribution in [3.05, 3.63) is 29.5 Å². The molecule has 0 amide bonds. The van der Waals surface area contributed by atoms with E-state index in [9.17, 15) is 5.11 Å². The molecule has 0 spiro atoms. The molecular weight excluding hydrogens is 224 g/mol. The zero-order chi connectivity index (χ0) is 12.7. The van der Waals surface area contributed by atoms with Crippen molar-refractivity contribution in [3.63, 3.8) is 0 Å². The number of aromatic hydroxyl groups is 1. The lowest BCUT2D eigenvalue weighted by Gasteiger charge is -2.29. The smallest absolute Gasteiger partial charge is 0.116 e. The highest BCUT2D eigenvalue weighted by Crippen LogP contribution is 2.36. The maximum absolute atomic E-state index is 9.68. The summed E-state index contributed by atoms with van der Waals surface area (Å²) in [5.41, 5.74) is 3.80. The molecule has 1 aliphatic rings. The second-order valence-electron chi connectivity index (χ2n) is 5.47. The van der Waals surface area contributed by atoms with Crippen molar-refractivity contribution in [2.75, 3.05) is 20.1 Å². The van der Waals surface area contributed by atoms with Crippen LogP contribution in [0.3, 0.4) is 0 Å². The second-order valence-corrected chi connectivity index (χ2v) is 5.47. The Bertz CT molecular complexity index is 565. The Morgan fingerprint density at radius 2 is 2.00 bits per heavy atom. The van der Waals surface area contributed by atoms with Gasteiger partial charge in [-0.1, -0.05) is 0 Å². The maximum atomic E-state index is 9.68. The first-order chi connectivity index (χ1) is 8.65. The van der Waals surface area contributed by atoms with E-state index in [4.69, 9.17) is 0 Å². The van der Waals surface area contributed by atoms with Crippen LogP contribution in [-0.4, -0.2) is 35.1 Å². The molecule has 1 aromatic heterocycles. The minimum atomic E-state index is 0.357. The lowest BCUT2D eigenvalue weighted by atomic mass is 9.88. The summed E-state index contributed by atoms with van der Waals surface area (Å²) in [5.74, 6) is 0.979. The molecule has 18 heavy (non-hydrogen) atoms. The van der Waals surface area contributed by atoms with Crippen molar-refractivity contribution in [2.45, 2.75) is 25.7 Å². The van der Waals surface area contributed by atoms with E-state index in [2.05, 4.69) is 23.9 Å². The van der Waals surface area contributed by atoms with Gasteiger partial charge >= 0.3 is 0 Å². The summed E-state index contributed by atoms with van der Waals surface area (Å²) in [6.07, 6.45) is 2.42. The predicted octanol–water partition coefficient (Wildman–Crippen LogP) is 2.99. The maximum Gasteiger partial charge on any atom is 0.116 e. The van der Waals surface area contributed by atoms with E-state index < -0.39 is 0 Å². The van der Waals surface area contributed by atoms with Crippen LogP contribution in [0.25, 0.3) is 10.9 Å². The average Bonchev–Trinajstić information content (AvgIpc) is 2.66. The number of piperidine rings is 1. The van der Waals surface area contributed by atoms with Gasteiger partial charge in [0.2, 0.25) is 0 Å². The molecule has 2 N–H and O–H groups in total. The number of phenols is 1. The third-order valence-corrected chi connectivity index (χ3v) is 4.15. The van der Waals surface area contributed by atoms with Gasteiger partial charge in [-0.15, -0.1) is 0 Å². The molecule has 3 nitrogen and oxygen atoms in total. The molecule has 0 radical (unpaired) electrons. The van der Waals surface area contributed by atoms with Crippen molar-refractivity contribution in [2.24, 2.45) is 0 Å². The third kappa shape index (κ3) is 1.89. The van der Waals surface area contributed by atoms with Crippen LogP contribution in [0.5, 0.6) is 5.75 Å². The SMILES string of the molecule is Cc1[nH]c2ccc(O)cc2c1C1CCN(C)CC1. The summed E-state index contributed by atoms with van der Waals surface area (Å²) in [7, 11) is 2.18. The first-order valence-corrected chi connectivity index (χ1v) is 6.65. The number of rotatable bonds is 1. The lowest BCUT2D eigenvalue weighted by molar-refractivity contribution is 0.255. The molecule has 0 saturated carbocycles. The van der Waals surface area contributed by atoms with Gasteiger partial charge in [0.1, 0.15) is 5.75 Å². The lowest BCUT2D eigenvalue weighted by Crippen LogP contribution is -2.29. The molecule has 1 aliphatic heterocycles. The van der Waals surface area contributed by atoms with E-state index in [1.165, 1.54) is 29.5 Å². The summed E-state index contributed by atoms with van der Waals surface area (Å²) in [4.78, 5) is 5.83. The van der Waals surface area contributed by atoms with Crippen LogP contribution in [0.2, 0.25) is 0 Å². The Morgan fingerprint density at radius 1 is 1.28 bits per heavy atom. The van der Waals surface area contributed by atoms with Crippen LogP contribution in [0, 0.1) is 6.92 Å². The van der Waals surface area contributed by atoms with Gasteiger partial charge in [0, 0.05) is 16.6 Å². The summed E-state index contributed by atoms with van der Waals surface area (Å²) < 4.78 is 0. The molecule has 2 heterocycles. The molecule has 1 aromatic carbocycles. The van der Waals surface area contributed by atoms with Crippen molar-refractivity contribution >= 4 is 10.9 Å². The number of fused-ring (bicyclic) bond motifs is 1. The molecule has 96 valence electrons. The van der Waals surface area contributed by atoms with Gasteiger partial charge in [-0.2, -0.15) is 0 Å². The average molecular weight is 244 g/mol. The first-order valence-electron chi connectivity index (χ1n) is 6.65. The van der Waals surface area contributed by atoms with Crippen LogP contribution in [0.15, 0.2) is 18.2 Å². The molecule has 0 aliphatic carbocycles. The van der Waals surface area contributed by atoms with Crippen molar-refractivity contribution in [1.29, 1.82) is 0 Å². The van der Waals surface area contributed by atoms with Gasteiger partial charge in [0.15, 0.2) is 0 Å². The molecule has 2 aromatic rings. The normalized spacial score (nSPS) is 18.6. The van der Waals surface area contributed by atoms with Gasteiger partial charge in [-0.05, 0) is 69.6 Å². The largest absolute Gasteiger partial charge is 0.508 e. The van der Waals surface area contributed by atoms with E-state index in [-0.39, 0.29) is 0 Å². The summed E-state index contributed by atoms with van der Waals surface area (Å²) in [6.45, 7) is 4.47. The number of aromatic nitrogens is 1. The Kier molecular flexibility index (Phi) is 2.78. The van der Waals surface area contributed by atoms with Crippen LogP contribution >= 0.6 is 0 Å². The number of nitrogens with one attached hydrogen (secondary N) is 1. The Hall–Kier alpha value is -1.48. The van der Waals surface area contributed by atoms with Gasteiger partial charge in [0.05, 0.1) is 0 Å². The minimum absolute atomic E-state index is 0.357. The Labute approximate surface area is 107 Å². The highest BCUT2D eigenvalue weighted by Gasteiger charge is 2.23. The monoisotopic (exact) mass is 244 g/mol. The zero-order valence-electron chi connectivity index (χ0n) is 11.0. The first kappa shape index (κ1) is 11.6. The van der Waals surface area contributed by atoms with E-state index >= 15 is 0 Å². The van der Waals surface area contributed by atoms with Crippen LogP contribution < -0.4 is 0 Å². The van der Waals surface area contributed by atoms with Crippen LogP contribution in [0.4, 0.5) is 0 Å².